The van der Waals surface area contributed by atoms with Gasteiger partial charge in [0.2, 0.25) is 0 Å². The van der Waals surface area contributed by atoms with Gasteiger partial charge in [-0.05, 0) is 99.5 Å². The fraction of sp³-hybridized carbons (Fsp3) is 0.0545. The fourth-order valence-corrected chi connectivity index (χ4v) is 7.18. The molecule has 0 aliphatic heterocycles. The maximum atomic E-state index is 5.69. The first kappa shape index (κ1) is 38.9. The van der Waals surface area contributed by atoms with E-state index in [2.05, 4.69) is 204 Å². The number of rotatable bonds is 8. The van der Waals surface area contributed by atoms with Crippen molar-refractivity contribution in [2.24, 2.45) is 5.73 Å². The van der Waals surface area contributed by atoms with Crippen LogP contribution >= 0.6 is 0 Å². The van der Waals surface area contributed by atoms with Crippen LogP contribution in [0.15, 0.2) is 219 Å². The van der Waals surface area contributed by atoms with E-state index in [9.17, 15) is 0 Å². The van der Waals surface area contributed by atoms with Gasteiger partial charge in [0.05, 0.1) is 5.52 Å². The Morgan fingerprint density at radius 3 is 1.47 bits per heavy atom. The molecule has 0 radical (unpaired) electrons. The van der Waals surface area contributed by atoms with E-state index in [1.54, 1.807) is 6.20 Å². The molecule has 0 saturated carbocycles. The number of hydrogen-bond donors (Lipinski definition) is 3. The van der Waals surface area contributed by atoms with Crippen molar-refractivity contribution in [2.75, 3.05) is 5.32 Å². The van der Waals surface area contributed by atoms with E-state index in [1.165, 1.54) is 66.3 Å². The molecule has 58 heavy (non-hydrogen) atoms. The highest BCUT2D eigenvalue weighted by Gasteiger charge is 2.14. The number of benzene rings is 8. The number of allylic oxidation sites excluding steroid dienone is 3. The van der Waals surface area contributed by atoms with Crippen LogP contribution in [0.4, 0.5) is 11.4 Å². The van der Waals surface area contributed by atoms with Crippen molar-refractivity contribution < 1.29 is 0 Å². The molecule has 0 fully saturated rings. The van der Waals surface area contributed by atoms with Gasteiger partial charge in [0, 0.05) is 39.4 Å². The van der Waals surface area contributed by atoms with E-state index in [4.69, 9.17) is 5.73 Å². The van der Waals surface area contributed by atoms with Gasteiger partial charge >= 0.3 is 0 Å². The van der Waals surface area contributed by atoms with Crippen molar-refractivity contribution >= 4 is 38.8 Å². The molecule has 0 saturated heterocycles. The lowest BCUT2D eigenvalue weighted by atomic mass is 9.95. The lowest BCUT2D eigenvalue weighted by molar-refractivity contribution is 1.50. The van der Waals surface area contributed by atoms with E-state index < -0.39 is 0 Å². The van der Waals surface area contributed by atoms with Crippen molar-refractivity contribution in [3.8, 4) is 44.5 Å². The topological polar surface area (TPSA) is 53.8 Å². The Balaban J connectivity index is 0.000000174. The summed E-state index contributed by atoms with van der Waals surface area (Å²) >= 11 is 0. The van der Waals surface area contributed by atoms with Gasteiger partial charge < -0.3 is 16.0 Å². The Morgan fingerprint density at radius 2 is 0.931 bits per heavy atom. The van der Waals surface area contributed by atoms with Crippen molar-refractivity contribution in [1.82, 2.24) is 4.98 Å². The van der Waals surface area contributed by atoms with Crippen molar-refractivity contribution in [3.05, 3.63) is 224 Å². The lowest BCUT2D eigenvalue weighted by Crippen LogP contribution is -1.92. The van der Waals surface area contributed by atoms with Crippen LogP contribution in [0.1, 0.15) is 26.3 Å². The second kappa shape index (κ2) is 19.0. The minimum Gasteiger partial charge on any atom is -0.404 e. The molecule has 9 rings (SSSR count). The highest BCUT2D eigenvalue weighted by Crippen LogP contribution is 2.38. The van der Waals surface area contributed by atoms with E-state index in [0.29, 0.717) is 0 Å². The van der Waals surface area contributed by atoms with Crippen molar-refractivity contribution in [3.63, 3.8) is 0 Å². The largest absolute Gasteiger partial charge is 0.404 e. The van der Waals surface area contributed by atoms with Gasteiger partial charge in [-0.15, -0.1) is 0 Å². The summed E-state index contributed by atoms with van der Waals surface area (Å²) in [6.45, 7) is 5.98. The third-order valence-corrected chi connectivity index (χ3v) is 10.0. The Kier molecular flexibility index (Phi) is 12.7. The number of anilines is 2. The zero-order chi connectivity index (χ0) is 40.1. The van der Waals surface area contributed by atoms with Gasteiger partial charge in [0.15, 0.2) is 0 Å². The molecular formula is C55H49N3. The van der Waals surface area contributed by atoms with Crippen LogP contribution < -0.4 is 11.1 Å². The summed E-state index contributed by atoms with van der Waals surface area (Å²) in [5.74, 6) is 0. The van der Waals surface area contributed by atoms with Crippen LogP contribution in [-0.4, -0.2) is 4.98 Å². The van der Waals surface area contributed by atoms with Gasteiger partial charge in [-0.25, -0.2) is 0 Å². The molecule has 0 bridgehead atoms. The Hall–Kier alpha value is -7.36. The van der Waals surface area contributed by atoms with Gasteiger partial charge in [0.25, 0.3) is 0 Å². The summed E-state index contributed by atoms with van der Waals surface area (Å²) in [5.41, 5.74) is 22.1. The van der Waals surface area contributed by atoms with Crippen LogP contribution in [0.2, 0.25) is 0 Å². The van der Waals surface area contributed by atoms with E-state index in [1.807, 2.05) is 39.0 Å². The average molecular weight is 752 g/mol. The maximum Gasteiger partial charge on any atom is 0.0544 e. The minimum absolute atomic E-state index is 1.02. The second-order valence-electron chi connectivity index (χ2n) is 13.7. The van der Waals surface area contributed by atoms with Crippen molar-refractivity contribution in [2.45, 2.75) is 20.8 Å². The first-order valence-electron chi connectivity index (χ1n) is 20.0. The summed E-state index contributed by atoms with van der Waals surface area (Å²) in [4.78, 5) is 3.73. The van der Waals surface area contributed by atoms with Crippen molar-refractivity contribution in [1.29, 1.82) is 0 Å². The number of nitrogens with two attached hydrogens (primary N) is 1. The lowest BCUT2D eigenvalue weighted by Gasteiger charge is -2.09. The molecule has 1 aromatic heterocycles. The van der Waals surface area contributed by atoms with Gasteiger partial charge in [-0.3, -0.25) is 0 Å². The highest BCUT2D eigenvalue weighted by atomic mass is 14.9. The maximum absolute atomic E-state index is 5.69. The molecule has 0 aliphatic carbocycles. The predicted octanol–water partition coefficient (Wildman–Crippen LogP) is 15.3. The third kappa shape index (κ3) is 9.02. The van der Waals surface area contributed by atoms with Crippen LogP contribution in [0, 0.1) is 0 Å². The molecular weight excluding hydrogens is 703 g/mol. The van der Waals surface area contributed by atoms with Gasteiger partial charge in [-0.1, -0.05) is 184 Å². The Labute approximate surface area is 342 Å². The SMILES string of the molecule is C/C=C\C(=C/N)c1ccc(Nc2ccc(-c3ccccc3)cc2)cc1.CC.c1ccc(-c2ccc3c(c2)[nH]c2c(-c4ccccc4)cc(-c4ccccc4)cc23)cc1. The Bertz CT molecular complexity index is 2730. The normalized spacial score (nSPS) is 11.1. The zero-order valence-electron chi connectivity index (χ0n) is 33.4. The third-order valence-electron chi connectivity index (χ3n) is 10.0. The molecule has 0 aliphatic rings. The van der Waals surface area contributed by atoms with Gasteiger partial charge in [-0.2, -0.15) is 0 Å². The minimum atomic E-state index is 1.02. The molecule has 0 spiro atoms. The first-order valence-corrected chi connectivity index (χ1v) is 20.0. The van der Waals surface area contributed by atoms with Crippen LogP contribution in [0.3, 0.4) is 0 Å². The molecule has 0 amide bonds. The number of aromatic amines is 1. The molecule has 1 heterocycles. The van der Waals surface area contributed by atoms with E-state index >= 15 is 0 Å². The number of aromatic nitrogens is 1. The summed E-state index contributed by atoms with van der Waals surface area (Å²) in [7, 11) is 0. The number of hydrogen-bond acceptors (Lipinski definition) is 2. The molecule has 3 heteroatoms. The molecule has 8 aromatic carbocycles. The summed E-state index contributed by atoms with van der Waals surface area (Å²) in [6.07, 6.45) is 5.62. The summed E-state index contributed by atoms with van der Waals surface area (Å²) in [6, 6.07) is 70.3. The smallest absolute Gasteiger partial charge is 0.0544 e. The summed E-state index contributed by atoms with van der Waals surface area (Å²) < 4.78 is 0. The molecule has 0 atom stereocenters. The number of H-pyrrole nitrogens is 1. The number of fused-ring (bicyclic) bond motifs is 3. The predicted molar refractivity (Wildman–Crippen MR) is 252 cm³/mol. The average Bonchev–Trinajstić information content (AvgIpc) is 3.68. The molecule has 9 aromatic rings. The van der Waals surface area contributed by atoms with Crippen LogP contribution in [0.5, 0.6) is 0 Å². The molecule has 0 unspecified atom stereocenters. The number of nitrogens with one attached hydrogen (secondary N) is 2. The quantitative estimate of drug-likeness (QED) is 0.135. The molecule has 284 valence electrons. The standard InChI is InChI=1S/C30H21N.C23H22N2.C2H6/c1-4-10-21(11-5-1)24-16-17-26-28-19-25(22-12-6-2-7-13-22)18-27(23-14-8-3-9-15-23)30(28)31-29(26)20-24;1-2-6-21(17-24)20-11-15-23(16-12-20)25-22-13-9-19(10-14-22)18-7-4-3-5-8-18;1-2/h1-20,31H;2-17,25H,24H2,1H3;1-2H3/b;6-2-,21-17+;. The second-order valence-corrected chi connectivity index (χ2v) is 13.7. The van der Waals surface area contributed by atoms with E-state index in [0.717, 1.165) is 22.5 Å². The van der Waals surface area contributed by atoms with E-state index in [-0.39, 0.29) is 0 Å². The Morgan fingerprint density at radius 1 is 0.466 bits per heavy atom. The first-order chi connectivity index (χ1) is 28.7. The van der Waals surface area contributed by atoms with Crippen LogP contribution in [0.25, 0.3) is 71.9 Å². The summed E-state index contributed by atoms with van der Waals surface area (Å²) in [5, 5.41) is 5.94. The highest BCUT2D eigenvalue weighted by molar-refractivity contribution is 6.14. The monoisotopic (exact) mass is 751 g/mol. The van der Waals surface area contributed by atoms with Gasteiger partial charge in [0.1, 0.15) is 0 Å². The molecule has 3 nitrogen and oxygen atoms in total. The fourth-order valence-electron chi connectivity index (χ4n) is 7.18. The molecule has 4 N–H and O–H groups in total. The van der Waals surface area contributed by atoms with Crippen LogP contribution in [-0.2, 0) is 0 Å². The zero-order valence-corrected chi connectivity index (χ0v) is 33.4.